The third kappa shape index (κ3) is 5.81. The van der Waals surface area contributed by atoms with Crippen LogP contribution in [-0.4, -0.2) is 24.6 Å². The molecule has 0 aliphatic rings. The average Bonchev–Trinajstić information content (AvgIpc) is 2.74. The lowest BCUT2D eigenvalue weighted by Crippen LogP contribution is -2.20. The number of carbonyl (C=O) groups excluding carboxylic acids is 2. The van der Waals surface area contributed by atoms with E-state index in [2.05, 4.69) is 15.8 Å². The Bertz CT molecular complexity index is 1080. The first kappa shape index (κ1) is 21.3. The first-order valence-electron chi connectivity index (χ1n) is 9.58. The molecule has 2 amide bonds. The van der Waals surface area contributed by atoms with Crippen molar-refractivity contribution in [3.8, 4) is 5.75 Å². The van der Waals surface area contributed by atoms with Crippen molar-refractivity contribution in [2.45, 2.75) is 19.8 Å². The molecule has 30 heavy (non-hydrogen) atoms. The number of amides is 2. The molecule has 0 fully saturated rings. The number of nitrogens with one attached hydrogen (secondary N) is 2. The maximum Gasteiger partial charge on any atom is 0.240 e. The van der Waals surface area contributed by atoms with Gasteiger partial charge in [0, 0.05) is 34.5 Å². The Morgan fingerprint density at radius 2 is 1.77 bits per heavy atom. The molecular formula is C23H22ClN3O3. The third-order valence-corrected chi connectivity index (χ3v) is 4.53. The van der Waals surface area contributed by atoms with Crippen LogP contribution in [0.3, 0.4) is 0 Å². The predicted molar refractivity (Wildman–Crippen MR) is 120 cm³/mol. The van der Waals surface area contributed by atoms with Gasteiger partial charge in [-0.25, -0.2) is 5.43 Å². The molecular weight excluding hydrogens is 402 g/mol. The zero-order valence-corrected chi connectivity index (χ0v) is 17.3. The van der Waals surface area contributed by atoms with Crippen molar-refractivity contribution in [1.29, 1.82) is 0 Å². The van der Waals surface area contributed by atoms with E-state index in [0.29, 0.717) is 17.3 Å². The smallest absolute Gasteiger partial charge is 0.240 e. The number of hydrogen-bond donors (Lipinski definition) is 2. The van der Waals surface area contributed by atoms with E-state index in [4.69, 9.17) is 16.3 Å². The summed E-state index contributed by atoms with van der Waals surface area (Å²) in [5.74, 6) is 0.191. The standard InChI is InChI=1S/C23H22ClN3O3/c1-2-30-21-11-10-16(19-8-3-4-9-20(19)21)15-25-27-23(29)13-12-22(28)26-18-7-5-6-17(24)14-18/h3-11,14-15H,2,12-13H2,1H3,(H,26,28)(H,27,29). The summed E-state index contributed by atoms with van der Waals surface area (Å²) in [5, 5.41) is 9.21. The molecule has 7 heteroatoms. The molecule has 2 N–H and O–H groups in total. The summed E-state index contributed by atoms with van der Waals surface area (Å²) < 4.78 is 5.66. The van der Waals surface area contributed by atoms with Crippen molar-refractivity contribution in [3.05, 3.63) is 71.2 Å². The van der Waals surface area contributed by atoms with Crippen molar-refractivity contribution < 1.29 is 14.3 Å². The van der Waals surface area contributed by atoms with Crippen LogP contribution in [0.15, 0.2) is 65.8 Å². The van der Waals surface area contributed by atoms with Crippen molar-refractivity contribution in [2.75, 3.05) is 11.9 Å². The van der Waals surface area contributed by atoms with E-state index in [1.807, 2.05) is 43.3 Å². The number of fused-ring (bicyclic) bond motifs is 1. The van der Waals surface area contributed by atoms with Crippen molar-refractivity contribution >= 4 is 46.1 Å². The van der Waals surface area contributed by atoms with Crippen LogP contribution in [0, 0.1) is 0 Å². The second-order valence-corrected chi connectivity index (χ2v) is 6.92. The van der Waals surface area contributed by atoms with E-state index in [1.54, 1.807) is 30.5 Å². The summed E-state index contributed by atoms with van der Waals surface area (Å²) in [6.45, 7) is 2.52. The molecule has 0 bridgehead atoms. The lowest BCUT2D eigenvalue weighted by Gasteiger charge is -2.09. The zero-order chi connectivity index (χ0) is 21.3. The molecule has 0 saturated heterocycles. The van der Waals surface area contributed by atoms with Crippen LogP contribution in [-0.2, 0) is 9.59 Å². The average molecular weight is 424 g/mol. The molecule has 154 valence electrons. The van der Waals surface area contributed by atoms with E-state index in [1.165, 1.54) is 0 Å². The van der Waals surface area contributed by atoms with Gasteiger partial charge in [0.2, 0.25) is 11.8 Å². The van der Waals surface area contributed by atoms with E-state index >= 15 is 0 Å². The Kier molecular flexibility index (Phi) is 7.40. The molecule has 6 nitrogen and oxygen atoms in total. The van der Waals surface area contributed by atoms with Gasteiger partial charge in [0.05, 0.1) is 12.8 Å². The number of nitrogens with zero attached hydrogens (tertiary/aromatic N) is 1. The van der Waals surface area contributed by atoms with E-state index < -0.39 is 0 Å². The number of halogens is 1. The molecule has 3 rings (SSSR count). The maximum absolute atomic E-state index is 12.0. The van der Waals surface area contributed by atoms with Gasteiger partial charge in [0.1, 0.15) is 5.75 Å². The molecule has 0 unspecified atom stereocenters. The number of hydrazone groups is 1. The minimum Gasteiger partial charge on any atom is -0.493 e. The summed E-state index contributed by atoms with van der Waals surface area (Å²) in [5.41, 5.74) is 3.91. The summed E-state index contributed by atoms with van der Waals surface area (Å²) in [7, 11) is 0. The normalized spacial score (nSPS) is 10.9. The monoisotopic (exact) mass is 423 g/mol. The summed E-state index contributed by atoms with van der Waals surface area (Å²) in [6, 6.07) is 18.4. The molecule has 3 aromatic rings. The highest BCUT2D eigenvalue weighted by Crippen LogP contribution is 2.27. The predicted octanol–water partition coefficient (Wildman–Crippen LogP) is 4.76. The fourth-order valence-electron chi connectivity index (χ4n) is 2.94. The molecule has 3 aromatic carbocycles. The van der Waals surface area contributed by atoms with Crippen LogP contribution in [0.1, 0.15) is 25.3 Å². The van der Waals surface area contributed by atoms with E-state index in [0.717, 1.165) is 22.1 Å². The molecule has 0 spiro atoms. The van der Waals surface area contributed by atoms with E-state index in [-0.39, 0.29) is 24.7 Å². The zero-order valence-electron chi connectivity index (χ0n) is 16.5. The Morgan fingerprint density at radius 1 is 1.00 bits per heavy atom. The highest BCUT2D eigenvalue weighted by Gasteiger charge is 2.08. The number of ether oxygens (including phenoxy) is 1. The van der Waals surface area contributed by atoms with Gasteiger partial charge in [-0.15, -0.1) is 0 Å². The highest BCUT2D eigenvalue weighted by atomic mass is 35.5. The Balaban J connectivity index is 1.54. The quantitative estimate of drug-likeness (QED) is 0.405. The second-order valence-electron chi connectivity index (χ2n) is 6.48. The first-order chi connectivity index (χ1) is 14.6. The van der Waals surface area contributed by atoms with Gasteiger partial charge in [-0.2, -0.15) is 5.10 Å². The lowest BCUT2D eigenvalue weighted by atomic mass is 10.0. The van der Waals surface area contributed by atoms with Gasteiger partial charge in [0.15, 0.2) is 0 Å². The maximum atomic E-state index is 12.0. The topological polar surface area (TPSA) is 79.8 Å². The first-order valence-corrected chi connectivity index (χ1v) is 9.96. The lowest BCUT2D eigenvalue weighted by molar-refractivity contribution is -0.124. The molecule has 0 atom stereocenters. The van der Waals surface area contributed by atoms with Crippen molar-refractivity contribution in [3.63, 3.8) is 0 Å². The van der Waals surface area contributed by atoms with Crippen LogP contribution in [0.4, 0.5) is 5.69 Å². The Morgan fingerprint density at radius 3 is 2.53 bits per heavy atom. The van der Waals surface area contributed by atoms with Gasteiger partial charge in [-0.3, -0.25) is 9.59 Å². The van der Waals surface area contributed by atoms with Gasteiger partial charge in [0.25, 0.3) is 0 Å². The van der Waals surface area contributed by atoms with Crippen LogP contribution >= 0.6 is 11.6 Å². The molecule has 0 radical (unpaired) electrons. The number of carbonyl (C=O) groups is 2. The van der Waals surface area contributed by atoms with Crippen LogP contribution in [0.2, 0.25) is 5.02 Å². The van der Waals surface area contributed by atoms with Gasteiger partial charge in [-0.1, -0.05) is 41.9 Å². The fourth-order valence-corrected chi connectivity index (χ4v) is 3.13. The molecule has 0 aromatic heterocycles. The van der Waals surface area contributed by atoms with Gasteiger partial charge >= 0.3 is 0 Å². The highest BCUT2D eigenvalue weighted by molar-refractivity contribution is 6.30. The van der Waals surface area contributed by atoms with E-state index in [9.17, 15) is 9.59 Å². The largest absolute Gasteiger partial charge is 0.493 e. The fraction of sp³-hybridized carbons (Fsp3) is 0.174. The SMILES string of the molecule is CCOc1ccc(C=NNC(=O)CCC(=O)Nc2cccc(Cl)c2)c2ccccc12. The Labute approximate surface area is 179 Å². The molecule has 0 heterocycles. The Hall–Kier alpha value is -3.38. The van der Waals surface area contributed by atoms with Gasteiger partial charge < -0.3 is 10.1 Å². The molecule has 0 aliphatic heterocycles. The number of anilines is 1. The minimum absolute atomic E-state index is 0.0216. The van der Waals surface area contributed by atoms with Crippen molar-refractivity contribution in [1.82, 2.24) is 5.43 Å². The van der Waals surface area contributed by atoms with Gasteiger partial charge in [-0.05, 0) is 42.6 Å². The summed E-state index contributed by atoms with van der Waals surface area (Å²) >= 11 is 5.89. The minimum atomic E-state index is -0.345. The number of hydrogen-bond acceptors (Lipinski definition) is 4. The number of benzene rings is 3. The van der Waals surface area contributed by atoms with Crippen LogP contribution in [0.25, 0.3) is 10.8 Å². The molecule has 0 aliphatic carbocycles. The van der Waals surface area contributed by atoms with Crippen LogP contribution < -0.4 is 15.5 Å². The third-order valence-electron chi connectivity index (χ3n) is 4.30. The van der Waals surface area contributed by atoms with Crippen LogP contribution in [0.5, 0.6) is 5.75 Å². The summed E-state index contributed by atoms with van der Waals surface area (Å²) in [6.07, 6.45) is 1.65. The molecule has 0 saturated carbocycles. The second kappa shape index (κ2) is 10.4. The summed E-state index contributed by atoms with van der Waals surface area (Å²) in [4.78, 5) is 24.0. The van der Waals surface area contributed by atoms with Crippen molar-refractivity contribution in [2.24, 2.45) is 5.10 Å². The number of rotatable bonds is 8.